The second-order valence-electron chi connectivity index (χ2n) is 8.08. The number of benzene rings is 3. The molecule has 168 valence electrons. The molecule has 1 heterocycles. The van der Waals surface area contributed by atoms with Gasteiger partial charge in [0.05, 0.1) is 17.4 Å². The topological polar surface area (TPSA) is 75.7 Å². The van der Waals surface area contributed by atoms with E-state index in [0.29, 0.717) is 31.7 Å². The zero-order chi connectivity index (χ0) is 22.7. The molecule has 1 aliphatic rings. The van der Waals surface area contributed by atoms with E-state index >= 15 is 0 Å². The van der Waals surface area contributed by atoms with Crippen molar-refractivity contribution in [3.8, 4) is 5.75 Å². The summed E-state index contributed by atoms with van der Waals surface area (Å²) >= 11 is 0. The Morgan fingerprint density at radius 2 is 1.91 bits per heavy atom. The van der Waals surface area contributed by atoms with E-state index in [1.807, 2.05) is 56.3 Å². The van der Waals surface area contributed by atoms with E-state index in [1.165, 1.54) is 4.31 Å². The molecular weight excluding hydrogens is 424 g/mol. The van der Waals surface area contributed by atoms with E-state index in [0.717, 1.165) is 22.0 Å². The van der Waals surface area contributed by atoms with Crippen LogP contribution in [0.1, 0.15) is 25.3 Å². The van der Waals surface area contributed by atoms with E-state index in [2.05, 4.69) is 5.32 Å². The summed E-state index contributed by atoms with van der Waals surface area (Å²) in [5.41, 5.74) is 1.52. The number of carbonyl (C=O) groups excluding carboxylic acids is 1. The van der Waals surface area contributed by atoms with Crippen molar-refractivity contribution in [1.82, 2.24) is 4.31 Å². The van der Waals surface area contributed by atoms with Gasteiger partial charge in [0.2, 0.25) is 15.9 Å². The van der Waals surface area contributed by atoms with Gasteiger partial charge in [0.15, 0.2) is 0 Å². The maximum Gasteiger partial charge on any atom is 0.243 e. The lowest BCUT2D eigenvalue weighted by molar-refractivity contribution is -0.120. The number of hydrogen-bond acceptors (Lipinski definition) is 4. The third-order valence-electron chi connectivity index (χ3n) is 5.89. The zero-order valence-corrected chi connectivity index (χ0v) is 19.2. The minimum Gasteiger partial charge on any atom is -0.494 e. The van der Waals surface area contributed by atoms with Crippen molar-refractivity contribution in [2.75, 3.05) is 25.0 Å². The highest BCUT2D eigenvalue weighted by Gasteiger charge is 2.33. The number of rotatable bonds is 6. The number of amides is 1. The summed E-state index contributed by atoms with van der Waals surface area (Å²) < 4.78 is 33.5. The molecule has 1 saturated heterocycles. The number of nitrogens with one attached hydrogen (secondary N) is 1. The molecule has 0 unspecified atom stereocenters. The molecule has 1 amide bonds. The van der Waals surface area contributed by atoms with Crippen LogP contribution in [0.2, 0.25) is 0 Å². The largest absolute Gasteiger partial charge is 0.494 e. The normalized spacial score (nSPS) is 17.2. The lowest BCUT2D eigenvalue weighted by Gasteiger charge is -2.31. The molecule has 6 nitrogen and oxygen atoms in total. The number of sulfonamides is 1. The van der Waals surface area contributed by atoms with Gasteiger partial charge < -0.3 is 10.1 Å². The molecule has 0 saturated carbocycles. The first kappa shape index (κ1) is 22.3. The number of anilines is 1. The summed E-state index contributed by atoms with van der Waals surface area (Å²) in [6.45, 7) is 4.83. The fourth-order valence-corrected chi connectivity index (χ4v) is 5.80. The maximum absolute atomic E-state index is 13.3. The number of carbonyl (C=O) groups is 1. The molecule has 3 aromatic rings. The minimum atomic E-state index is -3.69. The predicted molar refractivity (Wildman–Crippen MR) is 126 cm³/mol. The molecule has 1 N–H and O–H groups in total. The Balaban J connectivity index is 1.51. The van der Waals surface area contributed by atoms with Crippen LogP contribution in [0, 0.1) is 12.8 Å². The van der Waals surface area contributed by atoms with Crippen LogP contribution < -0.4 is 10.1 Å². The van der Waals surface area contributed by atoms with Gasteiger partial charge in [0, 0.05) is 24.2 Å². The summed E-state index contributed by atoms with van der Waals surface area (Å²) in [4.78, 5) is 13.3. The molecule has 0 aromatic heterocycles. The van der Waals surface area contributed by atoms with Crippen molar-refractivity contribution in [3.05, 3.63) is 66.2 Å². The Hall–Kier alpha value is -2.90. The van der Waals surface area contributed by atoms with Crippen LogP contribution in [0.15, 0.2) is 65.6 Å². The van der Waals surface area contributed by atoms with Gasteiger partial charge in [-0.15, -0.1) is 0 Å². The first-order chi connectivity index (χ1) is 15.4. The number of piperidine rings is 1. The second kappa shape index (κ2) is 9.30. The van der Waals surface area contributed by atoms with Gasteiger partial charge >= 0.3 is 0 Å². The fourth-order valence-electron chi connectivity index (χ4n) is 4.19. The molecule has 32 heavy (non-hydrogen) atoms. The average Bonchev–Trinajstić information content (AvgIpc) is 2.81. The van der Waals surface area contributed by atoms with Crippen molar-refractivity contribution in [2.24, 2.45) is 5.92 Å². The highest BCUT2D eigenvalue weighted by atomic mass is 32.2. The van der Waals surface area contributed by atoms with Crippen molar-refractivity contribution < 1.29 is 17.9 Å². The van der Waals surface area contributed by atoms with Crippen LogP contribution in [0.25, 0.3) is 10.8 Å². The maximum atomic E-state index is 13.3. The molecule has 1 fully saturated rings. The van der Waals surface area contributed by atoms with Gasteiger partial charge in [-0.3, -0.25) is 4.79 Å². The van der Waals surface area contributed by atoms with Crippen molar-refractivity contribution in [2.45, 2.75) is 31.6 Å². The highest BCUT2D eigenvalue weighted by molar-refractivity contribution is 7.89. The lowest BCUT2D eigenvalue weighted by Crippen LogP contribution is -2.43. The van der Waals surface area contributed by atoms with Crippen molar-refractivity contribution in [1.29, 1.82) is 0 Å². The predicted octanol–water partition coefficient (Wildman–Crippen LogP) is 4.59. The van der Waals surface area contributed by atoms with Crippen LogP contribution >= 0.6 is 0 Å². The molecule has 1 aliphatic heterocycles. The monoisotopic (exact) mass is 452 g/mol. The first-order valence-corrected chi connectivity index (χ1v) is 12.4. The number of hydrogen-bond donors (Lipinski definition) is 1. The summed E-state index contributed by atoms with van der Waals surface area (Å²) in [6.07, 6.45) is 1.30. The van der Waals surface area contributed by atoms with E-state index in [4.69, 9.17) is 4.74 Å². The fraction of sp³-hybridized carbons (Fsp3) is 0.320. The van der Waals surface area contributed by atoms with Gasteiger partial charge in [0.1, 0.15) is 5.75 Å². The van der Waals surface area contributed by atoms with Gasteiger partial charge in [-0.05, 0) is 61.9 Å². The SMILES string of the molecule is CCOc1ccc(S(=O)(=O)N2CCC[C@@H](C(=O)Nc3cccc4ccccc34)C2)cc1C. The quantitative estimate of drug-likeness (QED) is 0.594. The van der Waals surface area contributed by atoms with Crippen molar-refractivity contribution >= 4 is 32.4 Å². The third-order valence-corrected chi connectivity index (χ3v) is 7.75. The van der Waals surface area contributed by atoms with Crippen LogP contribution in [-0.4, -0.2) is 38.3 Å². The minimum absolute atomic E-state index is 0.149. The number of ether oxygens (including phenoxy) is 1. The molecule has 3 aromatic carbocycles. The van der Waals surface area contributed by atoms with Crippen LogP contribution in [0.4, 0.5) is 5.69 Å². The number of fused-ring (bicyclic) bond motifs is 1. The molecule has 0 bridgehead atoms. The molecule has 0 spiro atoms. The Kier molecular flexibility index (Phi) is 6.48. The summed E-state index contributed by atoms with van der Waals surface area (Å²) in [5.74, 6) is 0.128. The molecule has 0 aliphatic carbocycles. The Labute approximate surface area is 189 Å². The van der Waals surface area contributed by atoms with Crippen molar-refractivity contribution in [3.63, 3.8) is 0 Å². The standard InChI is InChI=1S/C25H28N2O4S/c1-3-31-24-14-13-21(16-18(24)2)32(29,30)27-15-7-10-20(17-27)25(28)26-23-12-6-9-19-8-4-5-11-22(19)23/h4-6,8-9,11-14,16,20H,3,7,10,15,17H2,1-2H3,(H,26,28)/t20-/m1/s1. The summed E-state index contributed by atoms with van der Waals surface area (Å²) in [5, 5.41) is 5.03. The molecular formula is C25H28N2O4S. The molecule has 7 heteroatoms. The third kappa shape index (κ3) is 4.49. The Morgan fingerprint density at radius 3 is 2.69 bits per heavy atom. The Morgan fingerprint density at radius 1 is 1.12 bits per heavy atom. The molecule has 0 radical (unpaired) electrons. The molecule has 4 rings (SSSR count). The zero-order valence-electron chi connectivity index (χ0n) is 18.4. The molecule has 1 atom stereocenters. The van der Waals surface area contributed by atoms with E-state index in [-0.39, 0.29) is 17.3 Å². The van der Waals surface area contributed by atoms with E-state index < -0.39 is 15.9 Å². The summed E-state index contributed by atoms with van der Waals surface area (Å²) in [7, 11) is -3.69. The van der Waals surface area contributed by atoms with Crippen LogP contribution in [-0.2, 0) is 14.8 Å². The smallest absolute Gasteiger partial charge is 0.243 e. The van der Waals surface area contributed by atoms with E-state index in [9.17, 15) is 13.2 Å². The highest BCUT2D eigenvalue weighted by Crippen LogP contribution is 2.29. The van der Waals surface area contributed by atoms with Gasteiger partial charge in [-0.1, -0.05) is 36.4 Å². The first-order valence-electron chi connectivity index (χ1n) is 10.9. The summed E-state index contributed by atoms with van der Waals surface area (Å²) in [6, 6.07) is 18.6. The van der Waals surface area contributed by atoms with Gasteiger partial charge in [-0.25, -0.2) is 8.42 Å². The average molecular weight is 453 g/mol. The van der Waals surface area contributed by atoms with Gasteiger partial charge in [-0.2, -0.15) is 4.31 Å². The number of aryl methyl sites for hydroxylation is 1. The van der Waals surface area contributed by atoms with Crippen LogP contribution in [0.5, 0.6) is 5.75 Å². The Bertz CT molecular complexity index is 1230. The second-order valence-corrected chi connectivity index (χ2v) is 10.0. The van der Waals surface area contributed by atoms with E-state index in [1.54, 1.807) is 18.2 Å². The number of nitrogens with zero attached hydrogens (tertiary/aromatic N) is 1. The lowest BCUT2D eigenvalue weighted by atomic mass is 9.98. The van der Waals surface area contributed by atoms with Gasteiger partial charge in [0.25, 0.3) is 0 Å². The van der Waals surface area contributed by atoms with Crippen LogP contribution in [0.3, 0.4) is 0 Å².